The molecule has 27 heavy (non-hydrogen) atoms. The van der Waals surface area contributed by atoms with Gasteiger partial charge in [-0.25, -0.2) is 4.68 Å². The smallest absolute Gasteiger partial charge is 0.257 e. The fourth-order valence-corrected chi connectivity index (χ4v) is 4.40. The number of nitrogens with zero attached hydrogens (tertiary/aromatic N) is 3. The van der Waals surface area contributed by atoms with E-state index in [1.54, 1.807) is 16.2 Å². The molecule has 140 valence electrons. The number of likely N-dealkylation sites (tertiary alicyclic amines) is 1. The molecule has 1 aliphatic heterocycles. The van der Waals surface area contributed by atoms with Crippen LogP contribution in [-0.4, -0.2) is 53.8 Å². The van der Waals surface area contributed by atoms with Crippen molar-refractivity contribution in [2.45, 2.75) is 18.9 Å². The highest BCUT2D eigenvalue weighted by molar-refractivity contribution is 7.13. The molecule has 1 saturated heterocycles. The Kier molecular flexibility index (Phi) is 5.09. The number of para-hydroxylation sites is 1. The van der Waals surface area contributed by atoms with Gasteiger partial charge in [-0.05, 0) is 23.6 Å². The van der Waals surface area contributed by atoms with E-state index in [-0.39, 0.29) is 5.91 Å². The fraction of sp³-hybridized carbons (Fsp3) is 0.333. The van der Waals surface area contributed by atoms with Crippen LogP contribution in [0.4, 0.5) is 0 Å². The van der Waals surface area contributed by atoms with Crippen LogP contribution in [0.15, 0.2) is 54.0 Å². The molecule has 0 saturated carbocycles. The monoisotopic (exact) mass is 381 g/mol. The van der Waals surface area contributed by atoms with Crippen LogP contribution in [0.25, 0.3) is 16.3 Å². The van der Waals surface area contributed by atoms with Crippen molar-refractivity contribution >= 4 is 17.2 Å². The number of quaternary nitrogens is 1. The maximum atomic E-state index is 13.4. The molecule has 1 aliphatic rings. The van der Waals surface area contributed by atoms with Crippen molar-refractivity contribution < 1.29 is 9.69 Å². The summed E-state index contributed by atoms with van der Waals surface area (Å²) in [5.41, 5.74) is 2.40. The Balaban J connectivity index is 1.68. The quantitative estimate of drug-likeness (QED) is 0.754. The normalized spacial score (nSPS) is 19.8. The first-order valence-electron chi connectivity index (χ1n) is 9.41. The van der Waals surface area contributed by atoms with E-state index < -0.39 is 0 Å². The highest BCUT2D eigenvalue weighted by Gasteiger charge is 2.29. The largest absolute Gasteiger partial charge is 0.338 e. The number of hydrogen-bond acceptors (Lipinski definition) is 3. The van der Waals surface area contributed by atoms with Crippen LogP contribution in [0.5, 0.6) is 0 Å². The molecule has 0 atom stereocenters. The van der Waals surface area contributed by atoms with Gasteiger partial charge >= 0.3 is 0 Å². The number of carbonyl (C=O) groups excluding carboxylic acids is 1. The number of amides is 1. The molecule has 4 rings (SSSR count). The maximum absolute atomic E-state index is 13.4. The summed E-state index contributed by atoms with van der Waals surface area (Å²) in [6.07, 6.45) is 3.98. The molecule has 3 aromatic rings. The molecule has 6 heteroatoms. The second-order valence-electron chi connectivity index (χ2n) is 7.25. The Morgan fingerprint density at radius 1 is 1.19 bits per heavy atom. The average Bonchev–Trinajstić information content (AvgIpc) is 3.38. The minimum Gasteiger partial charge on any atom is -0.338 e. The van der Waals surface area contributed by atoms with E-state index in [2.05, 4.69) is 7.05 Å². The molecular formula is C21H25N4OS+. The van der Waals surface area contributed by atoms with Crippen LogP contribution in [0.3, 0.4) is 0 Å². The van der Waals surface area contributed by atoms with Crippen LogP contribution in [0, 0.1) is 0 Å². The van der Waals surface area contributed by atoms with Crippen LogP contribution in [-0.2, 0) is 0 Å². The molecule has 0 spiro atoms. The van der Waals surface area contributed by atoms with E-state index in [9.17, 15) is 4.79 Å². The predicted octanol–water partition coefficient (Wildman–Crippen LogP) is 2.35. The van der Waals surface area contributed by atoms with Gasteiger partial charge in [0, 0.05) is 32.1 Å². The van der Waals surface area contributed by atoms with Gasteiger partial charge in [0.15, 0.2) is 0 Å². The van der Waals surface area contributed by atoms with Gasteiger partial charge in [0.05, 0.1) is 36.3 Å². The number of hydrogen-bond donors (Lipinski definition) is 1. The zero-order chi connectivity index (χ0) is 18.8. The van der Waals surface area contributed by atoms with Crippen molar-refractivity contribution in [1.82, 2.24) is 14.7 Å². The van der Waals surface area contributed by atoms with Crippen LogP contribution >= 0.6 is 11.3 Å². The van der Waals surface area contributed by atoms with Crippen LogP contribution < -0.4 is 4.90 Å². The van der Waals surface area contributed by atoms with E-state index in [1.807, 2.05) is 70.7 Å². The number of thiophene rings is 1. The maximum Gasteiger partial charge on any atom is 0.257 e. The lowest BCUT2D eigenvalue weighted by molar-refractivity contribution is -0.885. The Labute approximate surface area is 163 Å². The van der Waals surface area contributed by atoms with Crippen molar-refractivity contribution in [3.05, 3.63) is 59.6 Å². The summed E-state index contributed by atoms with van der Waals surface area (Å²) in [4.78, 5) is 17.9. The van der Waals surface area contributed by atoms with Crippen molar-refractivity contribution in [2.24, 2.45) is 0 Å². The summed E-state index contributed by atoms with van der Waals surface area (Å²) in [5.74, 6) is 0.0603. The van der Waals surface area contributed by atoms with Gasteiger partial charge < -0.3 is 9.80 Å². The van der Waals surface area contributed by atoms with E-state index in [0.717, 1.165) is 42.2 Å². The Morgan fingerprint density at radius 3 is 2.59 bits per heavy atom. The van der Waals surface area contributed by atoms with Crippen molar-refractivity contribution in [1.29, 1.82) is 0 Å². The highest BCUT2D eigenvalue weighted by Crippen LogP contribution is 2.29. The summed E-state index contributed by atoms with van der Waals surface area (Å²) in [6, 6.07) is 14.3. The molecule has 1 amide bonds. The summed E-state index contributed by atoms with van der Waals surface area (Å²) in [5, 5.41) is 6.78. The minimum atomic E-state index is 0.0603. The number of aromatic nitrogens is 2. The first kappa shape index (κ1) is 17.9. The number of benzene rings is 1. The molecule has 0 aliphatic carbocycles. The van der Waals surface area contributed by atoms with Crippen LogP contribution in [0.2, 0.25) is 0 Å². The summed E-state index contributed by atoms with van der Waals surface area (Å²) in [6.45, 7) is 2.23. The Bertz CT molecular complexity index is 896. The lowest BCUT2D eigenvalue weighted by atomic mass is 10.0. The molecule has 5 nitrogen and oxygen atoms in total. The third-order valence-electron chi connectivity index (χ3n) is 5.40. The van der Waals surface area contributed by atoms with E-state index in [4.69, 9.17) is 5.10 Å². The predicted molar refractivity (Wildman–Crippen MR) is 109 cm³/mol. The van der Waals surface area contributed by atoms with Crippen LogP contribution in [0.1, 0.15) is 23.2 Å². The number of carbonyl (C=O) groups is 1. The molecular weight excluding hydrogens is 356 g/mol. The van der Waals surface area contributed by atoms with Gasteiger partial charge in [-0.1, -0.05) is 24.3 Å². The second-order valence-corrected chi connectivity index (χ2v) is 8.20. The Hall–Kier alpha value is -2.44. The molecule has 0 radical (unpaired) electrons. The van der Waals surface area contributed by atoms with E-state index in [1.165, 1.54) is 0 Å². The lowest BCUT2D eigenvalue weighted by Crippen LogP contribution is -3.10. The number of rotatable bonds is 4. The zero-order valence-corrected chi connectivity index (χ0v) is 16.6. The summed E-state index contributed by atoms with van der Waals surface area (Å²) < 4.78 is 1.81. The molecule has 0 bridgehead atoms. The Morgan fingerprint density at radius 2 is 1.93 bits per heavy atom. The third kappa shape index (κ3) is 3.68. The SMILES string of the molecule is CN(C(=O)c1cn(-c2ccccc2)nc1-c1cccs1)C1CC[NH+](C)CC1. The van der Waals surface area contributed by atoms with E-state index in [0.29, 0.717) is 11.6 Å². The molecule has 0 unspecified atom stereocenters. The first-order chi connectivity index (χ1) is 13.1. The topological polar surface area (TPSA) is 42.6 Å². The van der Waals surface area contributed by atoms with Crippen molar-refractivity contribution in [2.75, 3.05) is 27.2 Å². The summed E-state index contributed by atoms with van der Waals surface area (Å²) >= 11 is 1.61. The van der Waals surface area contributed by atoms with Gasteiger partial charge in [-0.3, -0.25) is 4.79 Å². The minimum absolute atomic E-state index is 0.0603. The molecule has 3 heterocycles. The average molecular weight is 382 g/mol. The van der Waals surface area contributed by atoms with Gasteiger partial charge in [0.1, 0.15) is 5.69 Å². The number of nitrogens with one attached hydrogen (secondary N) is 1. The molecule has 2 aromatic heterocycles. The highest BCUT2D eigenvalue weighted by atomic mass is 32.1. The molecule has 1 fully saturated rings. The standard InChI is InChI=1S/C21H24N4OS/c1-23-12-10-16(11-13-23)24(2)21(26)18-15-25(17-7-4-3-5-8-17)22-20(18)19-9-6-14-27-19/h3-9,14-16H,10-13H2,1-2H3/p+1. The first-order valence-corrected chi connectivity index (χ1v) is 10.3. The van der Waals surface area contributed by atoms with Gasteiger partial charge in [0.25, 0.3) is 5.91 Å². The zero-order valence-electron chi connectivity index (χ0n) is 15.8. The second kappa shape index (κ2) is 7.66. The van der Waals surface area contributed by atoms with Crippen molar-refractivity contribution in [3.8, 4) is 16.3 Å². The molecule has 1 aromatic carbocycles. The van der Waals surface area contributed by atoms with Crippen molar-refractivity contribution in [3.63, 3.8) is 0 Å². The van der Waals surface area contributed by atoms with Gasteiger partial charge in [-0.15, -0.1) is 11.3 Å². The lowest BCUT2D eigenvalue weighted by Gasteiger charge is -2.33. The van der Waals surface area contributed by atoms with Gasteiger partial charge in [0.2, 0.25) is 0 Å². The third-order valence-corrected chi connectivity index (χ3v) is 6.27. The molecule has 1 N–H and O–H groups in total. The van der Waals surface area contributed by atoms with E-state index >= 15 is 0 Å². The number of piperidine rings is 1. The fourth-order valence-electron chi connectivity index (χ4n) is 3.68. The van der Waals surface area contributed by atoms with Gasteiger partial charge in [-0.2, -0.15) is 5.10 Å². The summed E-state index contributed by atoms with van der Waals surface area (Å²) in [7, 11) is 4.16.